The van der Waals surface area contributed by atoms with Gasteiger partial charge in [-0.2, -0.15) is 0 Å². The van der Waals surface area contributed by atoms with E-state index in [0.29, 0.717) is 0 Å². The number of hydrogen-bond donors (Lipinski definition) is 1. The molecule has 2 N–H and O–H groups in total. The van der Waals surface area contributed by atoms with E-state index in [-0.39, 0.29) is 11.8 Å². The van der Waals surface area contributed by atoms with Gasteiger partial charge in [-0.25, -0.2) is 5.84 Å². The maximum absolute atomic E-state index is 11.5. The van der Waals surface area contributed by atoms with Crippen molar-refractivity contribution in [3.05, 3.63) is 35.4 Å². The normalized spacial score (nSPS) is 12.3. The number of nitrogens with zero attached hydrogens (tertiary/aromatic N) is 1. The van der Waals surface area contributed by atoms with Crippen LogP contribution in [0.25, 0.3) is 0 Å². The molecule has 0 aromatic heterocycles. The molecule has 0 bridgehead atoms. The van der Waals surface area contributed by atoms with Crippen molar-refractivity contribution < 1.29 is 4.79 Å². The minimum Gasteiger partial charge on any atom is -0.283 e. The van der Waals surface area contributed by atoms with Crippen LogP contribution < -0.4 is 5.84 Å². The van der Waals surface area contributed by atoms with Crippen LogP contribution in [0.3, 0.4) is 0 Å². The molecule has 1 atom stereocenters. The predicted octanol–water partition coefficient (Wildman–Crippen LogP) is 1.43. The van der Waals surface area contributed by atoms with Gasteiger partial charge in [-0.05, 0) is 19.4 Å². The van der Waals surface area contributed by atoms with E-state index in [0.717, 1.165) is 10.6 Å². The van der Waals surface area contributed by atoms with Crippen LogP contribution in [-0.4, -0.2) is 18.0 Å². The quantitative estimate of drug-likeness (QED) is 0.438. The Morgan fingerprint density at radius 3 is 2.29 bits per heavy atom. The lowest BCUT2D eigenvalue weighted by Gasteiger charge is -2.16. The number of hydrazine groups is 1. The Hall–Kier alpha value is -1.35. The SMILES string of the molecule is Cc1ccc(C(C)C(=O)N(C)N)cc1. The molecule has 76 valence electrons. The predicted molar refractivity (Wildman–Crippen MR) is 56.6 cm³/mol. The van der Waals surface area contributed by atoms with E-state index in [9.17, 15) is 4.79 Å². The van der Waals surface area contributed by atoms with Crippen molar-refractivity contribution in [1.29, 1.82) is 0 Å². The average molecular weight is 192 g/mol. The number of nitrogens with two attached hydrogens (primary N) is 1. The van der Waals surface area contributed by atoms with Crippen LogP contribution in [-0.2, 0) is 4.79 Å². The molecule has 0 aliphatic rings. The van der Waals surface area contributed by atoms with Gasteiger partial charge in [-0.1, -0.05) is 29.8 Å². The average Bonchev–Trinajstić information content (AvgIpc) is 2.16. The summed E-state index contributed by atoms with van der Waals surface area (Å²) >= 11 is 0. The summed E-state index contributed by atoms with van der Waals surface area (Å²) in [6.07, 6.45) is 0. The third-order valence-corrected chi connectivity index (χ3v) is 2.30. The molecule has 1 rings (SSSR count). The second kappa shape index (κ2) is 4.24. The molecule has 1 aromatic carbocycles. The molecule has 1 aromatic rings. The standard InChI is InChI=1S/C11H16N2O/c1-8-4-6-10(7-5-8)9(2)11(14)13(3)12/h4-7,9H,12H2,1-3H3. The van der Waals surface area contributed by atoms with Gasteiger partial charge in [-0.3, -0.25) is 9.80 Å². The van der Waals surface area contributed by atoms with Crippen LogP contribution in [0.4, 0.5) is 0 Å². The lowest BCUT2D eigenvalue weighted by Crippen LogP contribution is -2.36. The van der Waals surface area contributed by atoms with E-state index in [1.54, 1.807) is 7.05 Å². The Bertz CT molecular complexity index is 317. The third-order valence-electron chi connectivity index (χ3n) is 2.30. The van der Waals surface area contributed by atoms with Crippen LogP contribution in [0.5, 0.6) is 0 Å². The van der Waals surface area contributed by atoms with Gasteiger partial charge in [0.15, 0.2) is 0 Å². The van der Waals surface area contributed by atoms with Crippen molar-refractivity contribution in [2.45, 2.75) is 19.8 Å². The number of aryl methyl sites for hydroxylation is 1. The first-order valence-electron chi connectivity index (χ1n) is 4.61. The number of amides is 1. The van der Waals surface area contributed by atoms with E-state index in [4.69, 9.17) is 5.84 Å². The Balaban J connectivity index is 2.84. The fraction of sp³-hybridized carbons (Fsp3) is 0.364. The Labute approximate surface area is 84.5 Å². The molecule has 0 saturated heterocycles. The maximum Gasteiger partial charge on any atom is 0.243 e. The number of rotatable bonds is 2. The first-order valence-corrected chi connectivity index (χ1v) is 4.61. The summed E-state index contributed by atoms with van der Waals surface area (Å²) in [6.45, 7) is 3.88. The first kappa shape index (κ1) is 10.7. The van der Waals surface area contributed by atoms with Crippen molar-refractivity contribution in [2.24, 2.45) is 5.84 Å². The molecular weight excluding hydrogens is 176 g/mol. The van der Waals surface area contributed by atoms with Gasteiger partial charge in [0, 0.05) is 7.05 Å². The molecule has 0 spiro atoms. The minimum absolute atomic E-state index is 0.0751. The van der Waals surface area contributed by atoms with Gasteiger partial charge in [0.2, 0.25) is 5.91 Å². The highest BCUT2D eigenvalue weighted by Gasteiger charge is 2.16. The number of carbonyl (C=O) groups is 1. The minimum atomic E-state index is -0.175. The van der Waals surface area contributed by atoms with Crippen molar-refractivity contribution >= 4 is 5.91 Å². The van der Waals surface area contributed by atoms with Crippen molar-refractivity contribution in [2.75, 3.05) is 7.05 Å². The molecule has 1 unspecified atom stereocenters. The summed E-state index contributed by atoms with van der Waals surface area (Å²) < 4.78 is 0. The summed E-state index contributed by atoms with van der Waals surface area (Å²) in [7, 11) is 1.56. The number of carbonyl (C=O) groups excluding carboxylic acids is 1. The summed E-state index contributed by atoms with van der Waals surface area (Å²) in [4.78, 5) is 11.5. The maximum atomic E-state index is 11.5. The zero-order chi connectivity index (χ0) is 10.7. The van der Waals surface area contributed by atoms with E-state index in [1.807, 2.05) is 38.1 Å². The van der Waals surface area contributed by atoms with Crippen LogP contribution in [0.15, 0.2) is 24.3 Å². The van der Waals surface area contributed by atoms with Gasteiger partial charge < -0.3 is 0 Å². The summed E-state index contributed by atoms with van der Waals surface area (Å²) in [5.41, 5.74) is 2.19. The molecule has 3 nitrogen and oxygen atoms in total. The summed E-state index contributed by atoms with van der Waals surface area (Å²) in [5.74, 6) is 5.14. The zero-order valence-corrected chi connectivity index (χ0v) is 8.82. The molecule has 0 heterocycles. The number of benzene rings is 1. The molecule has 14 heavy (non-hydrogen) atoms. The van der Waals surface area contributed by atoms with Crippen LogP contribution in [0.2, 0.25) is 0 Å². The zero-order valence-electron chi connectivity index (χ0n) is 8.82. The van der Waals surface area contributed by atoms with E-state index in [2.05, 4.69) is 0 Å². The van der Waals surface area contributed by atoms with Gasteiger partial charge >= 0.3 is 0 Å². The molecule has 1 amide bonds. The Kier molecular flexibility index (Phi) is 3.25. The van der Waals surface area contributed by atoms with Gasteiger partial charge in [0.25, 0.3) is 0 Å². The fourth-order valence-electron chi connectivity index (χ4n) is 1.30. The highest BCUT2D eigenvalue weighted by molar-refractivity contribution is 5.82. The topological polar surface area (TPSA) is 46.3 Å². The molecule has 0 fully saturated rings. The number of hydrogen-bond acceptors (Lipinski definition) is 2. The molecular formula is C11H16N2O. The van der Waals surface area contributed by atoms with Crippen molar-refractivity contribution in [3.63, 3.8) is 0 Å². The number of likely N-dealkylation sites (N-methyl/N-ethyl adjacent to an activating group) is 1. The lowest BCUT2D eigenvalue weighted by atomic mass is 9.99. The fourth-order valence-corrected chi connectivity index (χ4v) is 1.30. The highest BCUT2D eigenvalue weighted by Crippen LogP contribution is 2.16. The van der Waals surface area contributed by atoms with Crippen molar-refractivity contribution in [3.8, 4) is 0 Å². The van der Waals surface area contributed by atoms with E-state index in [1.165, 1.54) is 5.56 Å². The van der Waals surface area contributed by atoms with Gasteiger partial charge in [-0.15, -0.1) is 0 Å². The van der Waals surface area contributed by atoms with Gasteiger partial charge in [0.05, 0.1) is 5.92 Å². The first-order chi connectivity index (χ1) is 6.52. The smallest absolute Gasteiger partial charge is 0.243 e. The second-order valence-electron chi connectivity index (χ2n) is 3.58. The highest BCUT2D eigenvalue weighted by atomic mass is 16.2. The molecule has 0 radical (unpaired) electrons. The summed E-state index contributed by atoms with van der Waals surface area (Å²) in [6, 6.07) is 7.91. The van der Waals surface area contributed by atoms with E-state index < -0.39 is 0 Å². The molecule has 0 aliphatic heterocycles. The monoisotopic (exact) mass is 192 g/mol. The van der Waals surface area contributed by atoms with Crippen LogP contribution >= 0.6 is 0 Å². The van der Waals surface area contributed by atoms with Crippen LogP contribution in [0.1, 0.15) is 24.0 Å². The Morgan fingerprint density at radius 2 is 1.86 bits per heavy atom. The largest absolute Gasteiger partial charge is 0.283 e. The molecule has 3 heteroatoms. The Morgan fingerprint density at radius 1 is 1.36 bits per heavy atom. The van der Waals surface area contributed by atoms with Crippen LogP contribution in [0, 0.1) is 6.92 Å². The molecule has 0 aliphatic carbocycles. The summed E-state index contributed by atoms with van der Waals surface area (Å²) in [5, 5.41) is 1.13. The van der Waals surface area contributed by atoms with Gasteiger partial charge in [0.1, 0.15) is 0 Å². The van der Waals surface area contributed by atoms with Crippen molar-refractivity contribution in [1.82, 2.24) is 5.01 Å². The molecule has 0 saturated carbocycles. The second-order valence-corrected chi connectivity index (χ2v) is 3.58. The lowest BCUT2D eigenvalue weighted by molar-refractivity contribution is -0.131. The third kappa shape index (κ3) is 2.33. The van der Waals surface area contributed by atoms with E-state index >= 15 is 0 Å².